The second-order valence-electron chi connectivity index (χ2n) is 6.88. The van der Waals surface area contributed by atoms with Gasteiger partial charge in [-0.05, 0) is 68.2 Å². The van der Waals surface area contributed by atoms with Crippen LogP contribution < -0.4 is 4.74 Å². The van der Waals surface area contributed by atoms with Crippen LogP contribution in [-0.4, -0.2) is 23.8 Å². The van der Waals surface area contributed by atoms with Gasteiger partial charge in [0.2, 0.25) is 0 Å². The van der Waals surface area contributed by atoms with E-state index in [4.69, 9.17) is 4.74 Å². The lowest BCUT2D eigenvalue weighted by atomic mass is 10.1. The maximum Gasteiger partial charge on any atom is 0.159 e. The van der Waals surface area contributed by atoms with Crippen LogP contribution in [0, 0.1) is 0 Å². The van der Waals surface area contributed by atoms with Crippen molar-refractivity contribution in [3.05, 3.63) is 65.2 Å². The fourth-order valence-electron chi connectivity index (χ4n) is 3.25. The molecule has 1 aliphatic heterocycles. The molecule has 3 heteroatoms. The molecule has 3 rings (SSSR count). The molecule has 0 N–H and O–H groups in total. The lowest BCUT2D eigenvalue weighted by Gasteiger charge is -2.19. The van der Waals surface area contributed by atoms with Gasteiger partial charge in [0.15, 0.2) is 5.78 Å². The van der Waals surface area contributed by atoms with Crippen molar-refractivity contribution in [1.82, 2.24) is 4.90 Å². The Morgan fingerprint density at radius 1 is 0.880 bits per heavy atom. The molecule has 1 aliphatic rings. The van der Waals surface area contributed by atoms with Crippen molar-refractivity contribution in [3.63, 3.8) is 0 Å². The molecule has 0 spiro atoms. The first-order valence-corrected chi connectivity index (χ1v) is 9.25. The van der Waals surface area contributed by atoms with E-state index in [2.05, 4.69) is 29.2 Å². The van der Waals surface area contributed by atoms with Gasteiger partial charge in [0.25, 0.3) is 0 Å². The maximum atomic E-state index is 11.3. The smallest absolute Gasteiger partial charge is 0.159 e. The number of carbonyl (C=O) groups excluding carboxylic acids is 1. The fraction of sp³-hybridized carbons (Fsp3) is 0.409. The van der Waals surface area contributed by atoms with E-state index in [-0.39, 0.29) is 5.78 Å². The predicted octanol–water partition coefficient (Wildman–Crippen LogP) is 4.84. The summed E-state index contributed by atoms with van der Waals surface area (Å²) in [5.41, 5.74) is 3.25. The topological polar surface area (TPSA) is 29.5 Å². The molecular weight excluding hydrogens is 310 g/mol. The zero-order valence-corrected chi connectivity index (χ0v) is 15.0. The Kier molecular flexibility index (Phi) is 6.24. The number of ketones is 1. The van der Waals surface area contributed by atoms with E-state index in [9.17, 15) is 4.79 Å². The summed E-state index contributed by atoms with van der Waals surface area (Å²) in [4.78, 5) is 13.9. The number of hydrogen-bond donors (Lipinski definition) is 0. The Bertz CT molecular complexity index is 668. The predicted molar refractivity (Wildman–Crippen MR) is 101 cm³/mol. The zero-order valence-electron chi connectivity index (χ0n) is 15.0. The molecule has 0 bridgehead atoms. The molecule has 2 aromatic carbocycles. The van der Waals surface area contributed by atoms with Crippen molar-refractivity contribution in [2.75, 3.05) is 13.1 Å². The van der Waals surface area contributed by atoms with Crippen molar-refractivity contribution in [1.29, 1.82) is 0 Å². The summed E-state index contributed by atoms with van der Waals surface area (Å²) in [7, 11) is 0. The third kappa shape index (κ3) is 5.43. The normalized spacial score (nSPS) is 15.6. The van der Waals surface area contributed by atoms with E-state index in [0.29, 0.717) is 12.2 Å². The van der Waals surface area contributed by atoms with Crippen molar-refractivity contribution >= 4 is 5.78 Å². The Morgan fingerprint density at radius 2 is 1.48 bits per heavy atom. The second kappa shape index (κ2) is 8.82. The number of likely N-dealkylation sites (tertiary alicyclic amines) is 1. The van der Waals surface area contributed by atoms with Gasteiger partial charge in [0.1, 0.15) is 12.4 Å². The molecule has 0 amide bonds. The van der Waals surface area contributed by atoms with Crippen molar-refractivity contribution in [2.45, 2.75) is 45.8 Å². The van der Waals surface area contributed by atoms with E-state index in [1.807, 2.05) is 24.3 Å². The molecule has 0 saturated carbocycles. The molecule has 1 fully saturated rings. The largest absolute Gasteiger partial charge is 0.489 e. The zero-order chi connectivity index (χ0) is 17.5. The van der Waals surface area contributed by atoms with E-state index in [0.717, 1.165) is 17.9 Å². The Labute approximate surface area is 150 Å². The average molecular weight is 337 g/mol. The molecule has 0 aromatic heterocycles. The van der Waals surface area contributed by atoms with Gasteiger partial charge < -0.3 is 4.74 Å². The van der Waals surface area contributed by atoms with Crippen molar-refractivity contribution in [3.8, 4) is 5.75 Å². The average Bonchev–Trinajstić information content (AvgIpc) is 2.90. The van der Waals surface area contributed by atoms with Gasteiger partial charge in [-0.25, -0.2) is 0 Å². The molecular formula is C22H27NO2. The van der Waals surface area contributed by atoms with Crippen LogP contribution >= 0.6 is 0 Å². The van der Waals surface area contributed by atoms with Gasteiger partial charge in [-0.1, -0.05) is 37.1 Å². The van der Waals surface area contributed by atoms with E-state index >= 15 is 0 Å². The summed E-state index contributed by atoms with van der Waals surface area (Å²) < 4.78 is 5.81. The quantitative estimate of drug-likeness (QED) is 0.706. The maximum absolute atomic E-state index is 11.3. The Morgan fingerprint density at radius 3 is 2.08 bits per heavy atom. The van der Waals surface area contributed by atoms with Crippen molar-refractivity contribution in [2.24, 2.45) is 0 Å². The van der Waals surface area contributed by atoms with Gasteiger partial charge in [-0.3, -0.25) is 9.69 Å². The minimum Gasteiger partial charge on any atom is -0.489 e. The van der Waals surface area contributed by atoms with Gasteiger partial charge in [0.05, 0.1) is 0 Å². The highest BCUT2D eigenvalue weighted by atomic mass is 16.5. The molecule has 0 atom stereocenters. The van der Waals surface area contributed by atoms with Gasteiger partial charge >= 0.3 is 0 Å². The van der Waals surface area contributed by atoms with Gasteiger partial charge in [0, 0.05) is 12.1 Å². The second-order valence-corrected chi connectivity index (χ2v) is 6.88. The number of hydrogen-bond acceptors (Lipinski definition) is 3. The summed E-state index contributed by atoms with van der Waals surface area (Å²) in [5, 5.41) is 0. The van der Waals surface area contributed by atoms with Gasteiger partial charge in [-0.2, -0.15) is 0 Å². The monoisotopic (exact) mass is 337 g/mol. The number of rotatable bonds is 6. The van der Waals surface area contributed by atoms with Crippen molar-refractivity contribution < 1.29 is 9.53 Å². The summed E-state index contributed by atoms with van der Waals surface area (Å²) in [6.07, 6.45) is 5.41. The standard InChI is InChI=1S/C22H27NO2/c1-18(24)21-10-12-22(13-11-21)25-17-20-8-6-19(7-9-20)16-23-14-4-2-3-5-15-23/h6-13H,2-5,14-17H2,1H3. The van der Waals surface area contributed by atoms with Crippen LogP contribution in [0.4, 0.5) is 0 Å². The molecule has 25 heavy (non-hydrogen) atoms. The SMILES string of the molecule is CC(=O)c1ccc(OCc2ccc(CN3CCCCCC3)cc2)cc1. The van der Waals surface area contributed by atoms with E-state index < -0.39 is 0 Å². The lowest BCUT2D eigenvalue weighted by Crippen LogP contribution is -2.23. The highest BCUT2D eigenvalue weighted by Crippen LogP contribution is 2.16. The third-order valence-corrected chi connectivity index (χ3v) is 4.79. The third-order valence-electron chi connectivity index (χ3n) is 4.79. The molecule has 3 nitrogen and oxygen atoms in total. The molecule has 0 aliphatic carbocycles. The Balaban J connectivity index is 1.51. The van der Waals surface area contributed by atoms with Crippen LogP contribution in [0.3, 0.4) is 0 Å². The number of benzene rings is 2. The van der Waals surface area contributed by atoms with Crippen LogP contribution in [0.2, 0.25) is 0 Å². The van der Waals surface area contributed by atoms with Crippen LogP contribution in [-0.2, 0) is 13.2 Å². The first kappa shape index (κ1) is 17.7. The molecule has 0 unspecified atom stereocenters. The summed E-state index contributed by atoms with van der Waals surface area (Å²) in [5.74, 6) is 0.866. The van der Waals surface area contributed by atoms with E-state index in [1.54, 1.807) is 6.92 Å². The molecule has 2 aromatic rings. The Hall–Kier alpha value is -2.13. The van der Waals surface area contributed by atoms with Crippen LogP contribution in [0.1, 0.15) is 54.1 Å². The summed E-state index contributed by atoms with van der Waals surface area (Å²) in [6, 6.07) is 16.0. The molecule has 0 radical (unpaired) electrons. The highest BCUT2D eigenvalue weighted by molar-refractivity contribution is 5.94. The molecule has 1 heterocycles. The minimum absolute atomic E-state index is 0.0755. The fourth-order valence-corrected chi connectivity index (χ4v) is 3.25. The summed E-state index contributed by atoms with van der Waals surface area (Å²) in [6.45, 7) is 5.61. The van der Waals surface area contributed by atoms with Gasteiger partial charge in [-0.15, -0.1) is 0 Å². The highest BCUT2D eigenvalue weighted by Gasteiger charge is 2.09. The number of ether oxygens (including phenoxy) is 1. The number of carbonyl (C=O) groups is 1. The number of nitrogens with zero attached hydrogens (tertiary/aromatic N) is 1. The van der Waals surface area contributed by atoms with Crippen LogP contribution in [0.25, 0.3) is 0 Å². The first-order chi connectivity index (χ1) is 12.2. The summed E-state index contributed by atoms with van der Waals surface area (Å²) >= 11 is 0. The number of Topliss-reactive ketones (excluding diaryl/α,β-unsaturated/α-hetero) is 1. The van der Waals surface area contributed by atoms with Crippen LogP contribution in [0.5, 0.6) is 5.75 Å². The molecule has 1 saturated heterocycles. The molecule has 132 valence electrons. The lowest BCUT2D eigenvalue weighted by molar-refractivity contribution is 0.101. The minimum atomic E-state index is 0.0755. The van der Waals surface area contributed by atoms with E-state index in [1.165, 1.54) is 44.3 Å². The van der Waals surface area contributed by atoms with Crippen LogP contribution in [0.15, 0.2) is 48.5 Å². The first-order valence-electron chi connectivity index (χ1n) is 9.25.